The molecule has 9 aromatic rings. The maximum atomic E-state index is 6.24. The van der Waals surface area contributed by atoms with Gasteiger partial charge in [-0.3, -0.25) is 0 Å². The zero-order chi connectivity index (χ0) is 31.4. The highest BCUT2D eigenvalue weighted by molar-refractivity contribution is 6.09. The Hall–Kier alpha value is -6.18. The van der Waals surface area contributed by atoms with Gasteiger partial charge in [0.05, 0.1) is 0 Å². The van der Waals surface area contributed by atoms with Crippen molar-refractivity contribution in [2.45, 2.75) is 0 Å². The molecule has 0 unspecified atom stereocenters. The molecular weight excluding hydrogens is 569 g/mol. The molecule has 47 heavy (non-hydrogen) atoms. The first-order chi connectivity index (χ1) is 23.3. The topological polar surface area (TPSA) is 13.1 Å². The highest BCUT2D eigenvalue weighted by Gasteiger charge is 2.15. The lowest BCUT2D eigenvalue weighted by molar-refractivity contribution is 0.602. The second-order valence-corrected chi connectivity index (χ2v) is 11.7. The highest BCUT2D eigenvalue weighted by atomic mass is 16.3. The molecule has 222 valence electrons. The molecule has 0 saturated carbocycles. The summed E-state index contributed by atoms with van der Waals surface area (Å²) >= 11 is 0. The van der Waals surface area contributed by atoms with Gasteiger partial charge in [0.25, 0.3) is 0 Å². The van der Waals surface area contributed by atoms with E-state index in [0.29, 0.717) is 0 Å². The minimum Gasteiger partial charge on any atom is -0.455 e. The highest BCUT2D eigenvalue weighted by Crippen LogP contribution is 2.40. The number of hydrogen-bond donors (Lipinski definition) is 0. The molecule has 1 nitrogen and oxygen atoms in total. The van der Waals surface area contributed by atoms with Gasteiger partial charge in [-0.05, 0) is 55.9 Å². The Kier molecular flexibility index (Phi) is 7.63. The van der Waals surface area contributed by atoms with Crippen LogP contribution in [0.1, 0.15) is 0 Å². The molecule has 0 saturated heterocycles. The van der Waals surface area contributed by atoms with Crippen LogP contribution in [0.25, 0.3) is 77.2 Å². The monoisotopic (exact) mass is 600 g/mol. The minimum absolute atomic E-state index is 0.935. The molecule has 0 aliphatic heterocycles. The molecule has 1 heterocycles. The van der Waals surface area contributed by atoms with Crippen LogP contribution in [0.15, 0.2) is 199 Å². The van der Waals surface area contributed by atoms with E-state index < -0.39 is 0 Å². The summed E-state index contributed by atoms with van der Waals surface area (Å²) in [7, 11) is 0. The summed E-state index contributed by atoms with van der Waals surface area (Å²) in [6.45, 7) is 0. The molecule has 0 fully saturated rings. The minimum atomic E-state index is 0.935. The standard InChI is InChI=1S/C26H18.C20H14O/c1-3-9-19(10-4-1)24-16-15-23-17-21-13-7-8-14-22(21)18-25(23)26(24)20-11-5-2-6-12-20;1-3-9-15(10-4-1)19-17-13-7-8-14-18(17)20(21-19)16-11-5-2-6-12-16/h1-18H;1-14H. The fraction of sp³-hybridized carbons (Fsp3) is 0. The van der Waals surface area contributed by atoms with Crippen LogP contribution in [0, 0.1) is 0 Å². The van der Waals surface area contributed by atoms with Crippen LogP contribution >= 0.6 is 0 Å². The Bertz CT molecular complexity index is 2350. The first-order valence-corrected chi connectivity index (χ1v) is 16.0. The van der Waals surface area contributed by atoms with Crippen LogP contribution < -0.4 is 0 Å². The third kappa shape index (κ3) is 5.60. The van der Waals surface area contributed by atoms with E-state index in [1.807, 2.05) is 36.4 Å². The van der Waals surface area contributed by atoms with Gasteiger partial charge in [0.1, 0.15) is 11.5 Å². The fourth-order valence-corrected chi connectivity index (χ4v) is 6.49. The van der Waals surface area contributed by atoms with Crippen LogP contribution in [0.3, 0.4) is 0 Å². The maximum Gasteiger partial charge on any atom is 0.142 e. The summed E-state index contributed by atoms with van der Waals surface area (Å²) in [6, 6.07) is 68.0. The third-order valence-electron chi connectivity index (χ3n) is 8.73. The second-order valence-electron chi connectivity index (χ2n) is 11.7. The predicted molar refractivity (Wildman–Crippen MR) is 199 cm³/mol. The van der Waals surface area contributed by atoms with E-state index in [0.717, 1.165) is 33.4 Å². The zero-order valence-corrected chi connectivity index (χ0v) is 25.9. The molecule has 0 radical (unpaired) electrons. The van der Waals surface area contributed by atoms with Gasteiger partial charge < -0.3 is 4.42 Å². The maximum absolute atomic E-state index is 6.24. The number of rotatable bonds is 4. The molecule has 0 aliphatic carbocycles. The Morgan fingerprint density at radius 3 is 1.23 bits per heavy atom. The van der Waals surface area contributed by atoms with E-state index >= 15 is 0 Å². The van der Waals surface area contributed by atoms with Crippen LogP contribution in [0.2, 0.25) is 0 Å². The summed E-state index contributed by atoms with van der Waals surface area (Å²) < 4.78 is 6.24. The Balaban J connectivity index is 0.000000141. The van der Waals surface area contributed by atoms with Crippen molar-refractivity contribution < 1.29 is 4.42 Å². The van der Waals surface area contributed by atoms with Crippen molar-refractivity contribution in [1.29, 1.82) is 0 Å². The normalized spacial score (nSPS) is 11.0. The van der Waals surface area contributed by atoms with Gasteiger partial charge in [-0.1, -0.05) is 182 Å². The summed E-state index contributed by atoms with van der Waals surface area (Å²) in [6.07, 6.45) is 0. The number of furan rings is 1. The average Bonchev–Trinajstić information content (AvgIpc) is 3.55. The van der Waals surface area contributed by atoms with Gasteiger partial charge in [0.2, 0.25) is 0 Å². The Labute approximate surface area is 275 Å². The van der Waals surface area contributed by atoms with Crippen molar-refractivity contribution >= 4 is 32.3 Å². The van der Waals surface area contributed by atoms with Crippen molar-refractivity contribution in [3.8, 4) is 44.9 Å². The molecule has 9 rings (SSSR count). The average molecular weight is 601 g/mol. The SMILES string of the molecule is c1ccc(-c2ccc3cc4ccccc4cc3c2-c2ccccc2)cc1.c1ccc(-c2oc(-c3ccccc3)c3ccccc23)cc1. The summed E-state index contributed by atoms with van der Waals surface area (Å²) in [4.78, 5) is 0. The van der Waals surface area contributed by atoms with Crippen molar-refractivity contribution in [1.82, 2.24) is 0 Å². The zero-order valence-electron chi connectivity index (χ0n) is 25.9. The van der Waals surface area contributed by atoms with Gasteiger partial charge in [0, 0.05) is 21.9 Å². The summed E-state index contributed by atoms with van der Waals surface area (Å²) in [5.74, 6) is 1.87. The van der Waals surface area contributed by atoms with Gasteiger partial charge in [-0.2, -0.15) is 0 Å². The van der Waals surface area contributed by atoms with Gasteiger partial charge in [-0.25, -0.2) is 0 Å². The molecule has 0 atom stereocenters. The van der Waals surface area contributed by atoms with E-state index in [1.165, 1.54) is 43.8 Å². The molecule has 1 heteroatoms. The fourth-order valence-electron chi connectivity index (χ4n) is 6.49. The largest absolute Gasteiger partial charge is 0.455 e. The first-order valence-electron chi connectivity index (χ1n) is 16.0. The molecule has 0 bridgehead atoms. The predicted octanol–water partition coefficient (Wildman–Crippen LogP) is 13.1. The first kappa shape index (κ1) is 28.3. The summed E-state index contributed by atoms with van der Waals surface area (Å²) in [5, 5.41) is 7.46. The smallest absolute Gasteiger partial charge is 0.142 e. The van der Waals surface area contributed by atoms with E-state index in [4.69, 9.17) is 4.42 Å². The van der Waals surface area contributed by atoms with Crippen molar-refractivity contribution in [2.75, 3.05) is 0 Å². The lowest BCUT2D eigenvalue weighted by Gasteiger charge is -2.15. The number of benzene rings is 8. The van der Waals surface area contributed by atoms with Gasteiger partial charge in [0.15, 0.2) is 0 Å². The van der Waals surface area contributed by atoms with Crippen LogP contribution in [-0.4, -0.2) is 0 Å². The molecular formula is C46H32O. The second kappa shape index (κ2) is 12.7. The molecule has 0 amide bonds. The van der Waals surface area contributed by atoms with Crippen molar-refractivity contribution in [2.24, 2.45) is 0 Å². The third-order valence-corrected chi connectivity index (χ3v) is 8.73. The van der Waals surface area contributed by atoms with Gasteiger partial charge in [-0.15, -0.1) is 0 Å². The lowest BCUT2D eigenvalue weighted by Crippen LogP contribution is -1.88. The van der Waals surface area contributed by atoms with Crippen LogP contribution in [0.5, 0.6) is 0 Å². The number of fused-ring (bicyclic) bond motifs is 3. The van der Waals surface area contributed by atoms with E-state index in [-0.39, 0.29) is 0 Å². The van der Waals surface area contributed by atoms with Gasteiger partial charge >= 0.3 is 0 Å². The van der Waals surface area contributed by atoms with E-state index in [9.17, 15) is 0 Å². The van der Waals surface area contributed by atoms with Crippen molar-refractivity contribution in [3.05, 3.63) is 194 Å². The number of hydrogen-bond acceptors (Lipinski definition) is 1. The van der Waals surface area contributed by atoms with E-state index in [2.05, 4.69) is 158 Å². The molecule has 0 N–H and O–H groups in total. The Morgan fingerprint density at radius 2 is 0.702 bits per heavy atom. The lowest BCUT2D eigenvalue weighted by atomic mass is 9.89. The summed E-state index contributed by atoms with van der Waals surface area (Å²) in [5.41, 5.74) is 7.31. The van der Waals surface area contributed by atoms with Crippen LogP contribution in [-0.2, 0) is 0 Å². The molecule has 8 aromatic carbocycles. The quantitative estimate of drug-likeness (QED) is 0.183. The Morgan fingerprint density at radius 1 is 0.277 bits per heavy atom. The van der Waals surface area contributed by atoms with Crippen molar-refractivity contribution in [3.63, 3.8) is 0 Å². The molecule has 1 aromatic heterocycles. The van der Waals surface area contributed by atoms with Crippen LogP contribution in [0.4, 0.5) is 0 Å². The van der Waals surface area contributed by atoms with E-state index in [1.54, 1.807) is 0 Å². The molecule has 0 spiro atoms. The molecule has 0 aliphatic rings.